The van der Waals surface area contributed by atoms with E-state index in [0.29, 0.717) is 18.4 Å². The summed E-state index contributed by atoms with van der Waals surface area (Å²) < 4.78 is 5.66. The smallest absolute Gasteiger partial charge is 0.317 e. The molecule has 1 amide bonds. The third kappa shape index (κ3) is 5.45. The molecule has 0 bridgehead atoms. The Hall–Kier alpha value is -1.14. The van der Waals surface area contributed by atoms with Gasteiger partial charge >= 0.3 is 5.97 Å². The third-order valence-electron chi connectivity index (χ3n) is 5.49. The molecule has 1 aliphatic heterocycles. The molecule has 2 N–H and O–H groups in total. The molecule has 1 atom stereocenters. The molecule has 136 valence electrons. The minimum Gasteiger partial charge on any atom is -0.480 e. The topological polar surface area (TPSA) is 78.9 Å². The number of amides is 1. The predicted octanol–water partition coefficient (Wildman–Crippen LogP) is 1.78. The van der Waals surface area contributed by atoms with Crippen molar-refractivity contribution in [2.45, 2.75) is 76.0 Å². The van der Waals surface area contributed by atoms with E-state index in [4.69, 9.17) is 9.84 Å². The first-order valence-corrected chi connectivity index (χ1v) is 9.47. The standard InChI is InChI=1S/C18H30N2O4/c21-17(7-6-16-3-1-2-8-24-16)19-14-9-15(10-14)20(12-18(22)23)11-13-4-5-13/h13-16H,1-12H2,(H,19,21)(H,22,23). The SMILES string of the molecule is O=C(O)CN(CC1CC1)C1CC(NC(=O)CCC2CCCCO2)C1. The number of nitrogens with zero attached hydrogens (tertiary/aromatic N) is 1. The number of carbonyl (C=O) groups excluding carboxylic acids is 1. The summed E-state index contributed by atoms with van der Waals surface area (Å²) in [6, 6.07) is 0.527. The predicted molar refractivity (Wildman–Crippen MR) is 89.7 cm³/mol. The summed E-state index contributed by atoms with van der Waals surface area (Å²) in [5, 5.41) is 12.2. The second-order valence-corrected chi connectivity index (χ2v) is 7.68. The number of carboxylic acids is 1. The van der Waals surface area contributed by atoms with Crippen molar-refractivity contribution in [1.82, 2.24) is 10.2 Å². The Balaban J connectivity index is 1.32. The molecule has 3 rings (SSSR count). The van der Waals surface area contributed by atoms with Crippen LogP contribution < -0.4 is 5.32 Å². The van der Waals surface area contributed by atoms with Crippen LogP contribution in [0.1, 0.15) is 57.8 Å². The van der Waals surface area contributed by atoms with E-state index in [1.165, 1.54) is 19.3 Å². The third-order valence-corrected chi connectivity index (χ3v) is 5.49. The zero-order chi connectivity index (χ0) is 16.9. The van der Waals surface area contributed by atoms with Crippen LogP contribution in [-0.2, 0) is 14.3 Å². The molecule has 1 heterocycles. The maximum atomic E-state index is 12.1. The maximum absolute atomic E-state index is 12.1. The fourth-order valence-electron chi connectivity index (χ4n) is 3.78. The Bertz CT molecular complexity index is 440. The van der Waals surface area contributed by atoms with Gasteiger partial charge < -0.3 is 15.2 Å². The summed E-state index contributed by atoms with van der Waals surface area (Å²) in [5.74, 6) is 0.0451. The van der Waals surface area contributed by atoms with Crippen molar-refractivity contribution in [3.8, 4) is 0 Å². The van der Waals surface area contributed by atoms with Crippen molar-refractivity contribution in [2.24, 2.45) is 5.92 Å². The number of aliphatic carboxylic acids is 1. The first-order chi connectivity index (χ1) is 11.6. The average Bonchev–Trinajstić information content (AvgIpc) is 3.32. The summed E-state index contributed by atoms with van der Waals surface area (Å²) in [7, 11) is 0. The monoisotopic (exact) mass is 338 g/mol. The van der Waals surface area contributed by atoms with Crippen molar-refractivity contribution < 1.29 is 19.4 Å². The van der Waals surface area contributed by atoms with Gasteiger partial charge in [-0.3, -0.25) is 14.5 Å². The summed E-state index contributed by atoms with van der Waals surface area (Å²) in [6.45, 7) is 1.86. The van der Waals surface area contributed by atoms with Gasteiger partial charge in [-0.1, -0.05) is 0 Å². The van der Waals surface area contributed by atoms with Crippen molar-refractivity contribution in [1.29, 1.82) is 0 Å². The van der Waals surface area contributed by atoms with E-state index in [0.717, 1.165) is 45.3 Å². The highest BCUT2D eigenvalue weighted by Crippen LogP contribution is 2.33. The molecular weight excluding hydrogens is 308 g/mol. The van der Waals surface area contributed by atoms with Crippen LogP contribution in [-0.4, -0.2) is 59.8 Å². The van der Waals surface area contributed by atoms with Crippen LogP contribution >= 0.6 is 0 Å². The molecule has 0 aromatic heterocycles. The van der Waals surface area contributed by atoms with E-state index in [1.807, 2.05) is 0 Å². The Morgan fingerprint density at radius 3 is 2.58 bits per heavy atom. The zero-order valence-corrected chi connectivity index (χ0v) is 14.4. The van der Waals surface area contributed by atoms with Gasteiger partial charge in [0.1, 0.15) is 0 Å². The normalized spacial score (nSPS) is 30.0. The van der Waals surface area contributed by atoms with Gasteiger partial charge in [-0.2, -0.15) is 0 Å². The average molecular weight is 338 g/mol. The molecule has 0 radical (unpaired) electrons. The Kier molecular flexibility index (Phi) is 6.11. The Morgan fingerprint density at radius 2 is 1.96 bits per heavy atom. The number of carbonyl (C=O) groups is 2. The maximum Gasteiger partial charge on any atom is 0.317 e. The van der Waals surface area contributed by atoms with Gasteiger partial charge in [-0.15, -0.1) is 0 Å². The fraction of sp³-hybridized carbons (Fsp3) is 0.889. The largest absolute Gasteiger partial charge is 0.480 e. The fourth-order valence-corrected chi connectivity index (χ4v) is 3.78. The van der Waals surface area contributed by atoms with Crippen molar-refractivity contribution in [3.63, 3.8) is 0 Å². The number of hydrogen-bond acceptors (Lipinski definition) is 4. The minimum absolute atomic E-state index is 0.111. The van der Waals surface area contributed by atoms with Crippen LogP contribution in [0.2, 0.25) is 0 Å². The molecule has 3 fully saturated rings. The van der Waals surface area contributed by atoms with Crippen LogP contribution in [0.15, 0.2) is 0 Å². The van der Waals surface area contributed by atoms with E-state index in [2.05, 4.69) is 10.2 Å². The van der Waals surface area contributed by atoms with Gasteiger partial charge in [0.05, 0.1) is 12.6 Å². The van der Waals surface area contributed by atoms with Gasteiger partial charge in [0.2, 0.25) is 5.91 Å². The molecule has 6 nitrogen and oxygen atoms in total. The zero-order valence-electron chi connectivity index (χ0n) is 14.4. The summed E-state index contributed by atoms with van der Waals surface area (Å²) in [6.07, 6.45) is 9.24. The van der Waals surface area contributed by atoms with Crippen LogP contribution in [0.4, 0.5) is 0 Å². The van der Waals surface area contributed by atoms with Crippen LogP contribution in [0.3, 0.4) is 0 Å². The molecule has 0 aromatic carbocycles. The van der Waals surface area contributed by atoms with Crippen molar-refractivity contribution in [2.75, 3.05) is 19.7 Å². The van der Waals surface area contributed by atoms with Gasteiger partial charge in [0.25, 0.3) is 0 Å². The molecule has 2 saturated carbocycles. The van der Waals surface area contributed by atoms with Crippen molar-refractivity contribution in [3.05, 3.63) is 0 Å². The molecular formula is C18H30N2O4. The van der Waals surface area contributed by atoms with Gasteiger partial charge in [0, 0.05) is 31.7 Å². The van der Waals surface area contributed by atoms with Crippen molar-refractivity contribution >= 4 is 11.9 Å². The molecule has 2 aliphatic carbocycles. The first kappa shape index (κ1) is 17.7. The molecule has 1 unspecified atom stereocenters. The van der Waals surface area contributed by atoms with Gasteiger partial charge in [-0.25, -0.2) is 0 Å². The molecule has 1 saturated heterocycles. The van der Waals surface area contributed by atoms with E-state index in [9.17, 15) is 9.59 Å². The lowest BCUT2D eigenvalue weighted by molar-refractivity contribution is -0.140. The van der Waals surface area contributed by atoms with Gasteiger partial charge in [-0.05, 0) is 57.3 Å². The van der Waals surface area contributed by atoms with Gasteiger partial charge in [0.15, 0.2) is 0 Å². The molecule has 24 heavy (non-hydrogen) atoms. The van der Waals surface area contributed by atoms with E-state index in [1.54, 1.807) is 0 Å². The first-order valence-electron chi connectivity index (χ1n) is 9.47. The number of carboxylic acid groups (broad SMARTS) is 1. The van der Waals surface area contributed by atoms with E-state index in [-0.39, 0.29) is 24.6 Å². The Morgan fingerprint density at radius 1 is 1.17 bits per heavy atom. The van der Waals surface area contributed by atoms with E-state index < -0.39 is 5.97 Å². The van der Waals surface area contributed by atoms with Crippen LogP contribution in [0.25, 0.3) is 0 Å². The lowest BCUT2D eigenvalue weighted by Gasteiger charge is -2.42. The second-order valence-electron chi connectivity index (χ2n) is 7.68. The number of rotatable bonds is 9. The molecule has 0 aromatic rings. The molecule has 3 aliphatic rings. The van der Waals surface area contributed by atoms with Crippen LogP contribution in [0, 0.1) is 5.92 Å². The summed E-state index contributed by atoms with van der Waals surface area (Å²) in [4.78, 5) is 25.2. The lowest BCUT2D eigenvalue weighted by Crippen LogP contribution is -2.55. The second kappa shape index (κ2) is 8.30. The lowest BCUT2D eigenvalue weighted by atomic mass is 9.85. The summed E-state index contributed by atoms with van der Waals surface area (Å²) >= 11 is 0. The van der Waals surface area contributed by atoms with Crippen LogP contribution in [0.5, 0.6) is 0 Å². The number of ether oxygens (including phenoxy) is 1. The quantitative estimate of drug-likeness (QED) is 0.670. The number of hydrogen-bond donors (Lipinski definition) is 2. The highest BCUT2D eigenvalue weighted by atomic mass is 16.5. The molecule has 6 heteroatoms. The highest BCUT2D eigenvalue weighted by Gasteiger charge is 2.37. The number of nitrogens with one attached hydrogen (secondary N) is 1. The summed E-state index contributed by atoms with van der Waals surface area (Å²) in [5.41, 5.74) is 0. The van der Waals surface area contributed by atoms with E-state index >= 15 is 0 Å². The molecule has 0 spiro atoms. The minimum atomic E-state index is -0.754. The Labute approximate surface area is 143 Å². The highest BCUT2D eigenvalue weighted by molar-refractivity contribution is 5.76.